The molecule has 0 bridgehead atoms. The van der Waals surface area contributed by atoms with Gasteiger partial charge in [0.05, 0.1) is 23.6 Å². The first-order valence-corrected chi connectivity index (χ1v) is 11.1. The van der Waals surface area contributed by atoms with Gasteiger partial charge in [0.15, 0.2) is 0 Å². The van der Waals surface area contributed by atoms with Gasteiger partial charge < -0.3 is 9.64 Å². The van der Waals surface area contributed by atoms with E-state index >= 15 is 0 Å². The maximum absolute atomic E-state index is 13.6. The molecule has 170 valence electrons. The monoisotopic (exact) mass is 455 g/mol. The molecule has 0 radical (unpaired) electrons. The fraction of sp³-hybridized carbons (Fsp3) is 0.192. The molecule has 3 heterocycles. The predicted octanol–water partition coefficient (Wildman–Crippen LogP) is 4.77. The summed E-state index contributed by atoms with van der Waals surface area (Å²) in [6, 6.07) is 15.2. The van der Waals surface area contributed by atoms with E-state index in [2.05, 4.69) is 15.0 Å². The van der Waals surface area contributed by atoms with Gasteiger partial charge in [-0.3, -0.25) is 14.8 Å². The molecule has 1 atom stereocenters. The molecule has 0 unspecified atom stereocenters. The highest BCUT2D eigenvalue weighted by Crippen LogP contribution is 2.32. The van der Waals surface area contributed by atoms with E-state index in [4.69, 9.17) is 9.72 Å². The van der Waals surface area contributed by atoms with Crippen molar-refractivity contribution in [2.45, 2.75) is 25.3 Å². The van der Waals surface area contributed by atoms with E-state index < -0.39 is 0 Å². The highest BCUT2D eigenvalue weighted by Gasteiger charge is 2.32. The van der Waals surface area contributed by atoms with Crippen molar-refractivity contribution in [3.05, 3.63) is 108 Å². The zero-order valence-corrected chi connectivity index (χ0v) is 18.3. The van der Waals surface area contributed by atoms with Gasteiger partial charge in [-0.25, -0.2) is 14.4 Å². The molecule has 1 fully saturated rings. The van der Waals surface area contributed by atoms with E-state index in [1.54, 1.807) is 61.2 Å². The Morgan fingerprint density at radius 3 is 2.76 bits per heavy atom. The van der Waals surface area contributed by atoms with E-state index in [1.807, 2.05) is 11.0 Å². The van der Waals surface area contributed by atoms with Gasteiger partial charge >= 0.3 is 6.01 Å². The van der Waals surface area contributed by atoms with E-state index in [0.29, 0.717) is 24.3 Å². The Labute approximate surface area is 196 Å². The van der Waals surface area contributed by atoms with Crippen molar-refractivity contribution in [2.24, 2.45) is 0 Å². The minimum atomic E-state index is -0.279. The second kappa shape index (κ2) is 9.74. The third-order valence-corrected chi connectivity index (χ3v) is 5.66. The maximum Gasteiger partial charge on any atom is 0.321 e. The lowest BCUT2D eigenvalue weighted by Crippen LogP contribution is -2.31. The van der Waals surface area contributed by atoms with Crippen LogP contribution < -0.4 is 4.74 Å². The fourth-order valence-electron chi connectivity index (χ4n) is 4.14. The first-order valence-electron chi connectivity index (χ1n) is 11.1. The summed E-state index contributed by atoms with van der Waals surface area (Å²) in [5.74, 6) is 0.114. The maximum atomic E-state index is 13.6. The Morgan fingerprint density at radius 2 is 1.91 bits per heavy atom. The van der Waals surface area contributed by atoms with Crippen LogP contribution >= 0.6 is 0 Å². The third-order valence-electron chi connectivity index (χ3n) is 5.66. The molecule has 4 aromatic rings. The van der Waals surface area contributed by atoms with E-state index in [1.165, 1.54) is 12.1 Å². The molecule has 0 N–H and O–H groups in total. The van der Waals surface area contributed by atoms with Crippen molar-refractivity contribution in [1.29, 1.82) is 0 Å². The number of amides is 1. The lowest BCUT2D eigenvalue weighted by Gasteiger charge is -2.24. The Kier molecular flexibility index (Phi) is 6.20. The van der Waals surface area contributed by atoms with Crippen molar-refractivity contribution < 1.29 is 13.9 Å². The van der Waals surface area contributed by atoms with Crippen LogP contribution in [0.3, 0.4) is 0 Å². The zero-order chi connectivity index (χ0) is 23.3. The molecule has 0 saturated carbocycles. The Bertz CT molecular complexity index is 1300. The summed E-state index contributed by atoms with van der Waals surface area (Å²) in [5, 5.41) is 0. The minimum Gasteiger partial charge on any atom is -0.424 e. The van der Waals surface area contributed by atoms with E-state index in [0.717, 1.165) is 29.8 Å². The first-order chi connectivity index (χ1) is 16.7. The molecule has 0 spiro atoms. The van der Waals surface area contributed by atoms with Crippen LogP contribution in [-0.2, 0) is 6.42 Å². The fourth-order valence-corrected chi connectivity index (χ4v) is 4.14. The number of halogens is 1. The smallest absolute Gasteiger partial charge is 0.321 e. The van der Waals surface area contributed by atoms with Gasteiger partial charge in [0.25, 0.3) is 5.91 Å². The van der Waals surface area contributed by atoms with Crippen molar-refractivity contribution in [2.75, 3.05) is 6.54 Å². The number of hydrogen-bond donors (Lipinski definition) is 0. The van der Waals surface area contributed by atoms with Gasteiger partial charge in [0.1, 0.15) is 11.6 Å². The number of ether oxygens (including phenoxy) is 1. The van der Waals surface area contributed by atoms with Crippen LogP contribution in [0.4, 0.5) is 4.39 Å². The minimum absolute atomic E-state index is 0.0979. The molecule has 2 aromatic carbocycles. The Morgan fingerprint density at radius 1 is 1.06 bits per heavy atom. The number of carbonyl (C=O) groups is 1. The molecule has 0 aliphatic carbocycles. The highest BCUT2D eigenvalue weighted by atomic mass is 19.1. The summed E-state index contributed by atoms with van der Waals surface area (Å²) < 4.78 is 19.2. The molecule has 7 nitrogen and oxygen atoms in total. The summed E-state index contributed by atoms with van der Waals surface area (Å²) in [7, 11) is 0. The zero-order valence-electron chi connectivity index (χ0n) is 18.3. The van der Waals surface area contributed by atoms with E-state index in [-0.39, 0.29) is 23.8 Å². The quantitative estimate of drug-likeness (QED) is 0.417. The number of hydrogen-bond acceptors (Lipinski definition) is 6. The van der Waals surface area contributed by atoms with Crippen LogP contribution in [0.5, 0.6) is 11.8 Å². The van der Waals surface area contributed by atoms with Gasteiger partial charge in [0, 0.05) is 37.1 Å². The number of carbonyl (C=O) groups excluding carboxylic acids is 1. The molecule has 8 heteroatoms. The van der Waals surface area contributed by atoms with Crippen LogP contribution in [0.25, 0.3) is 0 Å². The third kappa shape index (κ3) is 4.91. The molecular formula is C26H22FN5O2. The molecule has 2 aromatic heterocycles. The lowest BCUT2D eigenvalue weighted by atomic mass is 10.1. The number of rotatable bonds is 6. The molecule has 1 aliphatic heterocycles. The number of aromatic nitrogens is 4. The van der Waals surface area contributed by atoms with Crippen molar-refractivity contribution >= 4 is 5.91 Å². The molecular weight excluding hydrogens is 433 g/mol. The molecule has 34 heavy (non-hydrogen) atoms. The summed E-state index contributed by atoms with van der Waals surface area (Å²) in [4.78, 5) is 32.4. The largest absolute Gasteiger partial charge is 0.424 e. The molecule has 1 aliphatic rings. The Balaban J connectivity index is 1.34. The molecule has 1 saturated heterocycles. The SMILES string of the molecule is O=C(c1cccc(Oc2ncccn2)c1)N1CCC[C@@H]1c1cncc(Cc2cccc(F)c2)n1. The average Bonchev–Trinajstić information content (AvgIpc) is 3.35. The van der Waals surface area contributed by atoms with Crippen molar-refractivity contribution in [1.82, 2.24) is 24.8 Å². The molecule has 1 amide bonds. The van der Waals surface area contributed by atoms with E-state index in [9.17, 15) is 9.18 Å². The number of likely N-dealkylation sites (tertiary alicyclic amines) is 1. The number of benzene rings is 2. The van der Waals surface area contributed by atoms with Gasteiger partial charge in [-0.1, -0.05) is 18.2 Å². The topological polar surface area (TPSA) is 81.1 Å². The van der Waals surface area contributed by atoms with Gasteiger partial charge in [-0.2, -0.15) is 0 Å². The van der Waals surface area contributed by atoms with Crippen LogP contribution in [0.2, 0.25) is 0 Å². The average molecular weight is 455 g/mol. The van der Waals surface area contributed by atoms with Crippen LogP contribution in [0.1, 0.15) is 46.2 Å². The van der Waals surface area contributed by atoms with Crippen molar-refractivity contribution in [3.63, 3.8) is 0 Å². The summed E-state index contributed by atoms with van der Waals surface area (Å²) in [6.45, 7) is 0.631. The van der Waals surface area contributed by atoms with Gasteiger partial charge in [-0.15, -0.1) is 0 Å². The summed E-state index contributed by atoms with van der Waals surface area (Å²) >= 11 is 0. The van der Waals surface area contributed by atoms with Gasteiger partial charge in [-0.05, 0) is 54.8 Å². The number of nitrogens with zero attached hydrogens (tertiary/aromatic N) is 5. The van der Waals surface area contributed by atoms with Crippen LogP contribution in [0, 0.1) is 5.82 Å². The van der Waals surface area contributed by atoms with Crippen LogP contribution in [-0.4, -0.2) is 37.3 Å². The second-order valence-corrected chi connectivity index (χ2v) is 8.06. The standard InChI is InChI=1S/C26H22FN5O2/c27-20-7-1-5-18(13-20)14-21-16-28-17-23(31-21)24-9-3-12-32(24)25(33)19-6-2-8-22(15-19)34-26-29-10-4-11-30-26/h1-2,4-8,10-11,13,15-17,24H,3,9,12,14H2/t24-/m1/s1. The molecule has 5 rings (SSSR count). The van der Waals surface area contributed by atoms with Crippen LogP contribution in [0.15, 0.2) is 79.4 Å². The summed E-state index contributed by atoms with van der Waals surface area (Å²) in [6.07, 6.45) is 8.73. The van der Waals surface area contributed by atoms with Crippen molar-refractivity contribution in [3.8, 4) is 11.8 Å². The first kappa shape index (κ1) is 21.6. The summed E-state index contributed by atoms with van der Waals surface area (Å²) in [5.41, 5.74) is 2.82. The predicted molar refractivity (Wildman–Crippen MR) is 123 cm³/mol. The lowest BCUT2D eigenvalue weighted by molar-refractivity contribution is 0.0732. The Hall–Kier alpha value is -4.20. The normalized spacial score (nSPS) is 15.3. The van der Waals surface area contributed by atoms with Gasteiger partial charge in [0.2, 0.25) is 0 Å². The second-order valence-electron chi connectivity index (χ2n) is 8.06. The highest BCUT2D eigenvalue weighted by molar-refractivity contribution is 5.95.